The number of rotatable bonds is 4. The van der Waals surface area contributed by atoms with E-state index in [0.717, 1.165) is 19.4 Å². The van der Waals surface area contributed by atoms with Gasteiger partial charge in [-0.25, -0.2) is 0 Å². The van der Waals surface area contributed by atoms with Gasteiger partial charge in [-0.2, -0.15) is 0 Å². The molecule has 0 aliphatic carbocycles. The van der Waals surface area contributed by atoms with E-state index in [0.29, 0.717) is 5.41 Å². The number of epoxide rings is 1. The molecule has 1 heterocycles. The molecular formula is C10H18O. The van der Waals surface area contributed by atoms with Crippen LogP contribution in [0.3, 0.4) is 0 Å². The van der Waals surface area contributed by atoms with Crippen molar-refractivity contribution in [3.63, 3.8) is 0 Å². The maximum Gasteiger partial charge on any atom is 0.0893 e. The first-order valence-corrected chi connectivity index (χ1v) is 4.22. The molecule has 0 aromatic rings. The molecule has 0 spiro atoms. The van der Waals surface area contributed by atoms with E-state index in [1.165, 1.54) is 0 Å². The van der Waals surface area contributed by atoms with Crippen molar-refractivity contribution in [3.05, 3.63) is 12.7 Å². The third kappa shape index (κ3) is 2.66. The van der Waals surface area contributed by atoms with Gasteiger partial charge in [0.05, 0.1) is 12.2 Å². The molecule has 1 atom stereocenters. The van der Waals surface area contributed by atoms with Crippen molar-refractivity contribution in [1.29, 1.82) is 0 Å². The molecule has 1 rings (SSSR count). The first kappa shape index (κ1) is 8.79. The SMILES string of the molecule is C=CCC(C)(C)CC1(C)CO1. The summed E-state index contributed by atoms with van der Waals surface area (Å²) in [7, 11) is 0. The summed E-state index contributed by atoms with van der Waals surface area (Å²) in [5.74, 6) is 0. The lowest BCUT2D eigenvalue weighted by Gasteiger charge is -2.24. The lowest BCUT2D eigenvalue weighted by atomic mass is 9.81. The molecule has 0 aromatic heterocycles. The first-order chi connectivity index (χ1) is 4.97. The van der Waals surface area contributed by atoms with E-state index < -0.39 is 0 Å². The number of allylic oxidation sites excluding steroid dienone is 1. The molecule has 0 amide bonds. The fourth-order valence-electron chi connectivity index (χ4n) is 1.70. The van der Waals surface area contributed by atoms with Gasteiger partial charge < -0.3 is 4.74 Å². The highest BCUT2D eigenvalue weighted by atomic mass is 16.6. The van der Waals surface area contributed by atoms with E-state index in [2.05, 4.69) is 27.4 Å². The quantitative estimate of drug-likeness (QED) is 0.448. The van der Waals surface area contributed by atoms with Crippen molar-refractivity contribution in [2.45, 2.75) is 39.2 Å². The number of ether oxygens (including phenoxy) is 1. The third-order valence-corrected chi connectivity index (χ3v) is 2.19. The molecule has 1 heteroatoms. The Hall–Kier alpha value is -0.300. The molecule has 0 saturated carbocycles. The van der Waals surface area contributed by atoms with Gasteiger partial charge in [0, 0.05) is 0 Å². The van der Waals surface area contributed by atoms with Crippen LogP contribution >= 0.6 is 0 Å². The summed E-state index contributed by atoms with van der Waals surface area (Å²) in [6.45, 7) is 11.4. The summed E-state index contributed by atoms with van der Waals surface area (Å²) in [4.78, 5) is 0. The van der Waals surface area contributed by atoms with Gasteiger partial charge in [0.2, 0.25) is 0 Å². The summed E-state index contributed by atoms with van der Waals surface area (Å²) < 4.78 is 5.34. The molecule has 0 bridgehead atoms. The van der Waals surface area contributed by atoms with E-state index in [9.17, 15) is 0 Å². The van der Waals surface area contributed by atoms with Crippen LogP contribution in [-0.4, -0.2) is 12.2 Å². The Morgan fingerprint density at radius 2 is 2.18 bits per heavy atom. The molecule has 1 aliphatic rings. The standard InChI is InChI=1S/C10H18O/c1-5-6-9(2,3)7-10(4)8-11-10/h5H,1,6-8H2,2-4H3. The fourth-order valence-corrected chi connectivity index (χ4v) is 1.70. The molecule has 0 radical (unpaired) electrons. The van der Waals surface area contributed by atoms with Gasteiger partial charge in [-0.3, -0.25) is 0 Å². The molecule has 11 heavy (non-hydrogen) atoms. The largest absolute Gasteiger partial charge is 0.370 e. The van der Waals surface area contributed by atoms with Gasteiger partial charge in [0.1, 0.15) is 0 Å². The highest BCUT2D eigenvalue weighted by molar-refractivity contribution is 4.94. The summed E-state index contributed by atoms with van der Waals surface area (Å²) in [5.41, 5.74) is 0.541. The van der Waals surface area contributed by atoms with Crippen LogP contribution in [0.5, 0.6) is 0 Å². The molecule has 1 unspecified atom stereocenters. The van der Waals surface area contributed by atoms with E-state index in [1.807, 2.05) is 6.08 Å². The molecule has 1 saturated heterocycles. The predicted molar refractivity (Wildman–Crippen MR) is 47.6 cm³/mol. The van der Waals surface area contributed by atoms with Gasteiger partial charge in [-0.1, -0.05) is 19.9 Å². The van der Waals surface area contributed by atoms with E-state index in [4.69, 9.17) is 4.74 Å². The Balaban J connectivity index is 2.38. The Bertz CT molecular complexity index is 154. The van der Waals surface area contributed by atoms with Gasteiger partial charge in [0.25, 0.3) is 0 Å². The first-order valence-electron chi connectivity index (χ1n) is 4.22. The lowest BCUT2D eigenvalue weighted by Crippen LogP contribution is -2.19. The summed E-state index contributed by atoms with van der Waals surface area (Å²) >= 11 is 0. The van der Waals surface area contributed by atoms with Crippen LogP contribution in [-0.2, 0) is 4.74 Å². The highest BCUT2D eigenvalue weighted by Crippen LogP contribution is 2.40. The molecule has 64 valence electrons. The van der Waals surface area contributed by atoms with Crippen LogP contribution in [0, 0.1) is 5.41 Å². The van der Waals surface area contributed by atoms with Crippen molar-refractivity contribution in [1.82, 2.24) is 0 Å². The highest BCUT2D eigenvalue weighted by Gasteiger charge is 2.43. The van der Waals surface area contributed by atoms with E-state index >= 15 is 0 Å². The van der Waals surface area contributed by atoms with Crippen LogP contribution < -0.4 is 0 Å². The van der Waals surface area contributed by atoms with Gasteiger partial charge in [-0.15, -0.1) is 6.58 Å². The summed E-state index contributed by atoms with van der Waals surface area (Å²) in [6, 6.07) is 0. The van der Waals surface area contributed by atoms with Crippen molar-refractivity contribution in [2.24, 2.45) is 5.41 Å². The van der Waals surface area contributed by atoms with Gasteiger partial charge in [0.15, 0.2) is 0 Å². The average molecular weight is 154 g/mol. The second kappa shape index (κ2) is 2.63. The Morgan fingerprint density at radius 3 is 2.55 bits per heavy atom. The fraction of sp³-hybridized carbons (Fsp3) is 0.800. The monoisotopic (exact) mass is 154 g/mol. The van der Waals surface area contributed by atoms with Crippen molar-refractivity contribution < 1.29 is 4.74 Å². The molecule has 1 fully saturated rings. The molecular weight excluding hydrogens is 136 g/mol. The van der Waals surface area contributed by atoms with Crippen LogP contribution in [0.25, 0.3) is 0 Å². The zero-order valence-corrected chi connectivity index (χ0v) is 7.81. The molecule has 0 N–H and O–H groups in total. The Labute approximate surface area is 69.4 Å². The van der Waals surface area contributed by atoms with Gasteiger partial charge >= 0.3 is 0 Å². The summed E-state index contributed by atoms with van der Waals surface area (Å²) in [6.07, 6.45) is 4.21. The van der Waals surface area contributed by atoms with E-state index in [1.54, 1.807) is 0 Å². The minimum Gasteiger partial charge on any atom is -0.370 e. The topological polar surface area (TPSA) is 12.5 Å². The van der Waals surface area contributed by atoms with Crippen LogP contribution in [0.4, 0.5) is 0 Å². The summed E-state index contributed by atoms with van der Waals surface area (Å²) in [5, 5.41) is 0. The van der Waals surface area contributed by atoms with Crippen molar-refractivity contribution >= 4 is 0 Å². The second-order valence-corrected chi connectivity index (χ2v) is 4.57. The van der Waals surface area contributed by atoms with Crippen molar-refractivity contribution in [3.8, 4) is 0 Å². The smallest absolute Gasteiger partial charge is 0.0893 e. The zero-order valence-electron chi connectivity index (χ0n) is 7.81. The molecule has 1 nitrogen and oxygen atoms in total. The maximum absolute atomic E-state index is 5.34. The minimum absolute atomic E-state index is 0.187. The maximum atomic E-state index is 5.34. The van der Waals surface area contributed by atoms with Gasteiger partial charge in [-0.05, 0) is 25.2 Å². The van der Waals surface area contributed by atoms with E-state index in [-0.39, 0.29) is 5.60 Å². The van der Waals surface area contributed by atoms with Crippen LogP contribution in [0.15, 0.2) is 12.7 Å². The third-order valence-electron chi connectivity index (χ3n) is 2.19. The van der Waals surface area contributed by atoms with Crippen LogP contribution in [0.2, 0.25) is 0 Å². The molecule has 0 aromatic carbocycles. The molecule has 1 aliphatic heterocycles. The number of hydrogen-bond donors (Lipinski definition) is 0. The van der Waals surface area contributed by atoms with Crippen LogP contribution in [0.1, 0.15) is 33.6 Å². The number of hydrogen-bond acceptors (Lipinski definition) is 1. The second-order valence-electron chi connectivity index (χ2n) is 4.57. The Kier molecular flexibility index (Phi) is 2.10. The average Bonchev–Trinajstić information content (AvgIpc) is 2.45. The zero-order chi connectivity index (χ0) is 8.54. The predicted octanol–water partition coefficient (Wildman–Crippen LogP) is 2.77. The minimum atomic E-state index is 0.187. The Morgan fingerprint density at radius 1 is 1.64 bits per heavy atom. The normalized spacial score (nSPS) is 30.1. The lowest BCUT2D eigenvalue weighted by molar-refractivity contribution is 0.216. The van der Waals surface area contributed by atoms with Crippen molar-refractivity contribution in [2.75, 3.05) is 6.61 Å².